The first kappa shape index (κ1) is 11.5. The molecule has 1 aliphatic heterocycles. The van der Waals surface area contributed by atoms with Crippen molar-refractivity contribution in [2.45, 2.75) is 6.54 Å². The van der Waals surface area contributed by atoms with Gasteiger partial charge in [-0.1, -0.05) is 6.07 Å². The molecule has 96 valence electrons. The standard InChI is InChI=1S/C13H12N4O2/c18-13-7-19-12-2-1-9(3-11(12)17-13)4-16-10-5-14-8-15-6-10/h1-3,5-6,8,16H,4,7H2,(H,17,18). The Kier molecular flexibility index (Phi) is 2.97. The summed E-state index contributed by atoms with van der Waals surface area (Å²) in [5, 5.41) is 5.98. The number of anilines is 2. The van der Waals surface area contributed by atoms with Gasteiger partial charge in [0.1, 0.15) is 12.1 Å². The molecule has 0 saturated carbocycles. The van der Waals surface area contributed by atoms with Crippen LogP contribution in [0, 0.1) is 0 Å². The topological polar surface area (TPSA) is 76.1 Å². The molecule has 6 nitrogen and oxygen atoms in total. The van der Waals surface area contributed by atoms with Crippen molar-refractivity contribution in [3.05, 3.63) is 42.5 Å². The maximum atomic E-state index is 11.2. The summed E-state index contributed by atoms with van der Waals surface area (Å²) in [4.78, 5) is 19.1. The van der Waals surface area contributed by atoms with Crippen molar-refractivity contribution < 1.29 is 9.53 Å². The molecule has 0 bridgehead atoms. The number of hydrogen-bond acceptors (Lipinski definition) is 5. The van der Waals surface area contributed by atoms with Crippen LogP contribution in [-0.2, 0) is 11.3 Å². The molecule has 2 aromatic rings. The lowest BCUT2D eigenvalue weighted by atomic mass is 10.1. The second-order valence-electron chi connectivity index (χ2n) is 4.15. The van der Waals surface area contributed by atoms with Gasteiger partial charge in [-0.3, -0.25) is 4.79 Å². The number of fused-ring (bicyclic) bond motifs is 1. The zero-order valence-electron chi connectivity index (χ0n) is 10.1. The summed E-state index contributed by atoms with van der Waals surface area (Å²) >= 11 is 0. The van der Waals surface area contributed by atoms with E-state index in [1.54, 1.807) is 12.4 Å². The molecule has 1 amide bonds. The molecule has 6 heteroatoms. The highest BCUT2D eigenvalue weighted by atomic mass is 16.5. The lowest BCUT2D eigenvalue weighted by molar-refractivity contribution is -0.118. The van der Waals surface area contributed by atoms with Gasteiger partial charge in [-0.15, -0.1) is 0 Å². The zero-order chi connectivity index (χ0) is 13.1. The van der Waals surface area contributed by atoms with E-state index >= 15 is 0 Å². The molecule has 0 radical (unpaired) electrons. The molecule has 0 saturated heterocycles. The van der Waals surface area contributed by atoms with Crippen molar-refractivity contribution in [2.75, 3.05) is 17.2 Å². The average molecular weight is 256 g/mol. The third-order valence-electron chi connectivity index (χ3n) is 2.73. The Hall–Kier alpha value is -2.63. The third-order valence-corrected chi connectivity index (χ3v) is 2.73. The molecule has 0 unspecified atom stereocenters. The summed E-state index contributed by atoms with van der Waals surface area (Å²) in [5.74, 6) is 0.570. The first-order valence-electron chi connectivity index (χ1n) is 5.86. The smallest absolute Gasteiger partial charge is 0.262 e. The monoisotopic (exact) mass is 256 g/mol. The minimum absolute atomic E-state index is 0.0753. The highest BCUT2D eigenvalue weighted by molar-refractivity contribution is 5.95. The van der Waals surface area contributed by atoms with Crippen LogP contribution in [0.5, 0.6) is 5.75 Å². The van der Waals surface area contributed by atoms with Crippen LogP contribution in [0.4, 0.5) is 11.4 Å². The van der Waals surface area contributed by atoms with E-state index in [-0.39, 0.29) is 12.5 Å². The molecule has 19 heavy (non-hydrogen) atoms. The Morgan fingerprint density at radius 1 is 1.32 bits per heavy atom. The second kappa shape index (κ2) is 4.93. The Labute approximate surface area is 109 Å². The number of ether oxygens (including phenoxy) is 1. The molecule has 1 aromatic heterocycles. The summed E-state index contributed by atoms with van der Waals surface area (Å²) < 4.78 is 5.30. The van der Waals surface area contributed by atoms with Crippen molar-refractivity contribution in [1.29, 1.82) is 0 Å². The molecule has 3 rings (SSSR count). The summed E-state index contributed by atoms with van der Waals surface area (Å²) in [6.45, 7) is 0.697. The van der Waals surface area contributed by atoms with Crippen molar-refractivity contribution in [1.82, 2.24) is 9.97 Å². The predicted molar refractivity (Wildman–Crippen MR) is 69.9 cm³/mol. The summed E-state index contributed by atoms with van der Waals surface area (Å²) in [5.41, 5.74) is 2.59. The van der Waals surface area contributed by atoms with Crippen LogP contribution in [-0.4, -0.2) is 22.5 Å². The highest BCUT2D eigenvalue weighted by Crippen LogP contribution is 2.28. The number of aromatic nitrogens is 2. The van der Waals surface area contributed by atoms with Crippen LogP contribution in [0.1, 0.15) is 5.56 Å². The minimum atomic E-state index is -0.130. The Balaban J connectivity index is 1.72. The van der Waals surface area contributed by atoms with Gasteiger partial charge in [-0.05, 0) is 17.7 Å². The molecule has 0 atom stereocenters. The molecular formula is C13H12N4O2. The van der Waals surface area contributed by atoms with Gasteiger partial charge in [0.2, 0.25) is 0 Å². The van der Waals surface area contributed by atoms with Crippen molar-refractivity contribution in [3.63, 3.8) is 0 Å². The second-order valence-corrected chi connectivity index (χ2v) is 4.15. The SMILES string of the molecule is O=C1COc2ccc(CNc3cncnc3)cc2N1. The zero-order valence-corrected chi connectivity index (χ0v) is 10.1. The van der Waals surface area contributed by atoms with Crippen LogP contribution in [0.15, 0.2) is 36.9 Å². The summed E-state index contributed by atoms with van der Waals surface area (Å²) in [6.07, 6.45) is 4.89. The van der Waals surface area contributed by atoms with E-state index in [2.05, 4.69) is 20.6 Å². The number of nitrogens with zero attached hydrogens (tertiary/aromatic N) is 2. The van der Waals surface area contributed by atoms with E-state index in [9.17, 15) is 4.79 Å². The van der Waals surface area contributed by atoms with Crippen LogP contribution in [0.2, 0.25) is 0 Å². The van der Waals surface area contributed by atoms with E-state index in [1.165, 1.54) is 6.33 Å². The maximum Gasteiger partial charge on any atom is 0.262 e. The molecular weight excluding hydrogens is 244 g/mol. The number of hydrogen-bond donors (Lipinski definition) is 2. The summed E-state index contributed by atoms with van der Waals surface area (Å²) in [7, 11) is 0. The van der Waals surface area contributed by atoms with E-state index < -0.39 is 0 Å². The number of amides is 1. The Morgan fingerprint density at radius 3 is 3.00 bits per heavy atom. The van der Waals surface area contributed by atoms with Gasteiger partial charge in [0.05, 0.1) is 23.8 Å². The van der Waals surface area contributed by atoms with Crippen molar-refractivity contribution >= 4 is 17.3 Å². The van der Waals surface area contributed by atoms with Gasteiger partial charge in [0.25, 0.3) is 5.91 Å². The lowest BCUT2D eigenvalue weighted by Crippen LogP contribution is -2.25. The average Bonchev–Trinajstić information content (AvgIpc) is 2.46. The van der Waals surface area contributed by atoms with Crippen molar-refractivity contribution in [3.8, 4) is 5.75 Å². The van der Waals surface area contributed by atoms with E-state index in [4.69, 9.17) is 4.74 Å². The fourth-order valence-electron chi connectivity index (χ4n) is 1.83. The molecule has 1 aromatic carbocycles. The van der Waals surface area contributed by atoms with Crippen molar-refractivity contribution in [2.24, 2.45) is 0 Å². The Bertz CT molecular complexity index is 601. The highest BCUT2D eigenvalue weighted by Gasteiger charge is 2.15. The molecule has 1 aliphatic rings. The third kappa shape index (κ3) is 2.62. The van der Waals surface area contributed by atoms with Gasteiger partial charge in [-0.2, -0.15) is 0 Å². The van der Waals surface area contributed by atoms with E-state index in [1.807, 2.05) is 18.2 Å². The maximum absolute atomic E-state index is 11.2. The van der Waals surface area contributed by atoms with Gasteiger partial charge in [-0.25, -0.2) is 9.97 Å². The molecule has 0 aliphatic carbocycles. The number of rotatable bonds is 3. The van der Waals surface area contributed by atoms with Crippen LogP contribution < -0.4 is 15.4 Å². The van der Waals surface area contributed by atoms with Gasteiger partial charge < -0.3 is 15.4 Å². The minimum Gasteiger partial charge on any atom is -0.482 e. The van der Waals surface area contributed by atoms with E-state index in [0.717, 1.165) is 11.3 Å². The number of nitrogens with one attached hydrogen (secondary N) is 2. The number of carbonyl (C=O) groups excluding carboxylic acids is 1. The molecule has 0 fully saturated rings. The van der Waals surface area contributed by atoms with Crippen LogP contribution in [0.3, 0.4) is 0 Å². The van der Waals surface area contributed by atoms with Crippen LogP contribution >= 0.6 is 0 Å². The van der Waals surface area contributed by atoms with Crippen LogP contribution in [0.25, 0.3) is 0 Å². The van der Waals surface area contributed by atoms with Gasteiger partial charge in [0, 0.05) is 6.54 Å². The first-order chi connectivity index (χ1) is 9.31. The molecule has 2 heterocycles. The first-order valence-corrected chi connectivity index (χ1v) is 5.86. The normalized spacial score (nSPS) is 13.2. The largest absolute Gasteiger partial charge is 0.482 e. The quantitative estimate of drug-likeness (QED) is 0.868. The van der Waals surface area contributed by atoms with Gasteiger partial charge in [0.15, 0.2) is 6.61 Å². The predicted octanol–water partition coefficient (Wildman–Crippen LogP) is 1.42. The molecule has 0 spiro atoms. The Morgan fingerprint density at radius 2 is 2.16 bits per heavy atom. The number of carbonyl (C=O) groups is 1. The number of benzene rings is 1. The fourth-order valence-corrected chi connectivity index (χ4v) is 1.83. The molecule has 2 N–H and O–H groups in total. The van der Waals surface area contributed by atoms with Gasteiger partial charge >= 0.3 is 0 Å². The fraction of sp³-hybridized carbons (Fsp3) is 0.154. The summed E-state index contributed by atoms with van der Waals surface area (Å²) in [6, 6.07) is 5.70. The lowest BCUT2D eigenvalue weighted by Gasteiger charge is -2.18. The van der Waals surface area contributed by atoms with E-state index in [0.29, 0.717) is 18.0 Å².